The van der Waals surface area contributed by atoms with Gasteiger partial charge in [-0.15, -0.1) is 0 Å². The molecule has 2 N–H and O–H groups in total. The van der Waals surface area contributed by atoms with Crippen LogP contribution < -0.4 is 10.0 Å². The Hall–Kier alpha value is -2.57. The Bertz CT molecular complexity index is 987. The quantitative estimate of drug-likeness (QED) is 0.693. The SMILES string of the molecule is CN(C)CCNC(=O)c1cc2c(c3ncccc13)NSc1ccccc1-2. The first kappa shape index (κ1) is 16.9. The molecule has 0 atom stereocenters. The number of pyridine rings is 1. The number of likely N-dealkylation sites (N-methyl/N-ethyl adjacent to an activating group) is 1. The van der Waals surface area contributed by atoms with Crippen molar-refractivity contribution in [1.29, 1.82) is 0 Å². The maximum absolute atomic E-state index is 12.9. The number of aromatic nitrogens is 1. The van der Waals surface area contributed by atoms with Crippen LogP contribution in [0, 0.1) is 0 Å². The second-order valence-electron chi connectivity index (χ2n) is 6.51. The molecule has 4 rings (SSSR count). The van der Waals surface area contributed by atoms with E-state index in [1.54, 1.807) is 18.1 Å². The monoisotopic (exact) mass is 364 g/mol. The van der Waals surface area contributed by atoms with Gasteiger partial charge < -0.3 is 14.9 Å². The molecule has 1 amide bonds. The van der Waals surface area contributed by atoms with Gasteiger partial charge in [-0.25, -0.2) is 0 Å². The van der Waals surface area contributed by atoms with E-state index >= 15 is 0 Å². The third kappa shape index (κ3) is 3.02. The van der Waals surface area contributed by atoms with Crippen LogP contribution in [0.25, 0.3) is 22.0 Å². The zero-order valence-corrected chi connectivity index (χ0v) is 15.6. The van der Waals surface area contributed by atoms with Crippen molar-refractivity contribution in [3.8, 4) is 11.1 Å². The number of amides is 1. The summed E-state index contributed by atoms with van der Waals surface area (Å²) in [5.74, 6) is -0.0663. The standard InChI is InChI=1S/C20H20N4OS/c1-24(2)11-10-22-20(25)16-12-15-13-6-3-4-8-17(13)26-23-19(15)18-14(16)7-5-9-21-18/h3-9,12,23H,10-11H2,1-2H3,(H,22,25). The number of nitrogens with one attached hydrogen (secondary N) is 2. The van der Waals surface area contributed by atoms with Crippen LogP contribution in [0.5, 0.6) is 0 Å². The van der Waals surface area contributed by atoms with Crippen molar-refractivity contribution < 1.29 is 4.79 Å². The van der Waals surface area contributed by atoms with Crippen LogP contribution in [0.2, 0.25) is 0 Å². The predicted molar refractivity (Wildman–Crippen MR) is 108 cm³/mol. The summed E-state index contributed by atoms with van der Waals surface area (Å²) < 4.78 is 3.40. The van der Waals surface area contributed by atoms with E-state index in [1.165, 1.54) is 0 Å². The zero-order chi connectivity index (χ0) is 18.1. The minimum Gasteiger partial charge on any atom is -0.351 e. The maximum atomic E-state index is 12.9. The van der Waals surface area contributed by atoms with Crippen molar-refractivity contribution in [3.63, 3.8) is 0 Å². The molecule has 0 radical (unpaired) electrons. The first-order valence-electron chi connectivity index (χ1n) is 8.52. The summed E-state index contributed by atoms with van der Waals surface area (Å²) >= 11 is 1.58. The number of carbonyl (C=O) groups is 1. The van der Waals surface area contributed by atoms with E-state index in [0.29, 0.717) is 12.1 Å². The van der Waals surface area contributed by atoms with Gasteiger partial charge >= 0.3 is 0 Å². The van der Waals surface area contributed by atoms with E-state index in [-0.39, 0.29) is 5.91 Å². The van der Waals surface area contributed by atoms with E-state index in [2.05, 4.69) is 27.2 Å². The molecule has 0 fully saturated rings. The summed E-state index contributed by atoms with van der Waals surface area (Å²) in [5.41, 5.74) is 4.59. The first-order chi connectivity index (χ1) is 12.6. The zero-order valence-electron chi connectivity index (χ0n) is 14.7. The molecule has 5 nitrogen and oxygen atoms in total. The Labute approximate surface area is 156 Å². The lowest BCUT2D eigenvalue weighted by atomic mass is 9.96. The lowest BCUT2D eigenvalue weighted by Crippen LogP contribution is -2.31. The molecule has 3 aromatic rings. The first-order valence-corrected chi connectivity index (χ1v) is 9.33. The van der Waals surface area contributed by atoms with Gasteiger partial charge in [-0.05, 0) is 49.8 Å². The highest BCUT2D eigenvalue weighted by atomic mass is 32.2. The van der Waals surface area contributed by atoms with Gasteiger partial charge in [0.1, 0.15) is 0 Å². The fraction of sp³-hybridized carbons (Fsp3) is 0.200. The predicted octanol–water partition coefficient (Wildman–Crippen LogP) is 3.63. The molecule has 1 aliphatic rings. The summed E-state index contributed by atoms with van der Waals surface area (Å²) in [5, 5.41) is 3.88. The van der Waals surface area contributed by atoms with E-state index in [9.17, 15) is 4.79 Å². The lowest BCUT2D eigenvalue weighted by Gasteiger charge is -2.23. The number of nitrogens with zero attached hydrogens (tertiary/aromatic N) is 2. The van der Waals surface area contributed by atoms with Crippen molar-refractivity contribution in [1.82, 2.24) is 15.2 Å². The second-order valence-corrected chi connectivity index (χ2v) is 7.35. The Balaban J connectivity index is 1.83. The molecular weight excluding hydrogens is 344 g/mol. The van der Waals surface area contributed by atoms with Gasteiger partial charge in [0, 0.05) is 40.7 Å². The molecule has 0 spiro atoms. The van der Waals surface area contributed by atoms with Crippen LogP contribution >= 0.6 is 11.9 Å². The highest BCUT2D eigenvalue weighted by Gasteiger charge is 2.23. The molecule has 0 unspecified atom stereocenters. The van der Waals surface area contributed by atoms with Crippen LogP contribution in [-0.2, 0) is 0 Å². The number of hydrogen-bond donors (Lipinski definition) is 2. The molecule has 0 bridgehead atoms. The molecule has 26 heavy (non-hydrogen) atoms. The van der Waals surface area contributed by atoms with Crippen LogP contribution in [0.15, 0.2) is 53.6 Å². The van der Waals surface area contributed by atoms with Crippen LogP contribution in [0.3, 0.4) is 0 Å². The van der Waals surface area contributed by atoms with Crippen LogP contribution in [0.1, 0.15) is 10.4 Å². The summed E-state index contributed by atoms with van der Waals surface area (Å²) in [6.07, 6.45) is 1.77. The molecule has 1 aromatic heterocycles. The number of fused-ring (bicyclic) bond motifs is 5. The summed E-state index contributed by atoms with van der Waals surface area (Å²) in [7, 11) is 3.98. The highest BCUT2D eigenvalue weighted by Crippen LogP contribution is 2.45. The fourth-order valence-corrected chi connectivity index (χ4v) is 3.97. The van der Waals surface area contributed by atoms with Gasteiger partial charge in [0.2, 0.25) is 0 Å². The van der Waals surface area contributed by atoms with Crippen molar-refractivity contribution in [2.75, 3.05) is 31.9 Å². The van der Waals surface area contributed by atoms with Crippen LogP contribution in [0.4, 0.5) is 5.69 Å². The van der Waals surface area contributed by atoms with Crippen molar-refractivity contribution in [2.45, 2.75) is 4.90 Å². The third-order valence-corrected chi connectivity index (χ3v) is 5.30. The van der Waals surface area contributed by atoms with Gasteiger partial charge in [-0.2, -0.15) is 0 Å². The lowest BCUT2D eigenvalue weighted by molar-refractivity contribution is 0.0952. The summed E-state index contributed by atoms with van der Waals surface area (Å²) in [6, 6.07) is 14.0. The minimum absolute atomic E-state index is 0.0663. The molecule has 0 aliphatic carbocycles. The normalized spacial score (nSPS) is 12.4. The Kier molecular flexibility index (Phi) is 4.53. The smallest absolute Gasteiger partial charge is 0.252 e. The van der Waals surface area contributed by atoms with Gasteiger partial charge in [0.15, 0.2) is 0 Å². The Morgan fingerprint density at radius 3 is 2.88 bits per heavy atom. The Morgan fingerprint density at radius 2 is 2.04 bits per heavy atom. The molecule has 0 saturated heterocycles. The van der Waals surface area contributed by atoms with E-state index in [0.717, 1.165) is 39.2 Å². The van der Waals surface area contributed by atoms with Gasteiger partial charge in [-0.3, -0.25) is 9.78 Å². The van der Waals surface area contributed by atoms with Crippen molar-refractivity contribution >= 4 is 34.4 Å². The summed E-state index contributed by atoms with van der Waals surface area (Å²) in [6.45, 7) is 1.41. The third-order valence-electron chi connectivity index (χ3n) is 4.42. The summed E-state index contributed by atoms with van der Waals surface area (Å²) in [4.78, 5) is 20.6. The Morgan fingerprint density at radius 1 is 1.19 bits per heavy atom. The topological polar surface area (TPSA) is 57.3 Å². The highest BCUT2D eigenvalue weighted by molar-refractivity contribution is 8.00. The number of benzene rings is 2. The average Bonchev–Trinajstić information content (AvgIpc) is 2.66. The number of hydrogen-bond acceptors (Lipinski definition) is 5. The molecule has 2 aromatic carbocycles. The van der Waals surface area contributed by atoms with E-state index in [4.69, 9.17) is 0 Å². The largest absolute Gasteiger partial charge is 0.351 e. The maximum Gasteiger partial charge on any atom is 0.252 e. The number of anilines is 1. The molecule has 0 saturated carbocycles. The number of carbonyl (C=O) groups excluding carboxylic acids is 1. The van der Waals surface area contributed by atoms with Gasteiger partial charge in [-0.1, -0.05) is 24.3 Å². The molecule has 6 heteroatoms. The second kappa shape index (κ2) is 6.97. The molecule has 132 valence electrons. The number of rotatable bonds is 4. The molecule has 1 aliphatic heterocycles. The van der Waals surface area contributed by atoms with Crippen molar-refractivity contribution in [2.24, 2.45) is 0 Å². The van der Waals surface area contributed by atoms with E-state index in [1.807, 2.05) is 49.3 Å². The van der Waals surface area contributed by atoms with E-state index < -0.39 is 0 Å². The van der Waals surface area contributed by atoms with Gasteiger partial charge in [0.05, 0.1) is 11.2 Å². The van der Waals surface area contributed by atoms with Gasteiger partial charge in [0.25, 0.3) is 5.91 Å². The fourth-order valence-electron chi connectivity index (χ4n) is 3.12. The minimum atomic E-state index is -0.0663. The van der Waals surface area contributed by atoms with Crippen molar-refractivity contribution in [3.05, 3.63) is 54.2 Å². The molecule has 2 heterocycles. The average molecular weight is 364 g/mol. The molecular formula is C20H20N4OS. The van der Waals surface area contributed by atoms with Crippen LogP contribution in [-0.4, -0.2) is 43.0 Å².